The van der Waals surface area contributed by atoms with E-state index in [4.69, 9.17) is 23.2 Å². The molecule has 0 fully saturated rings. The molecule has 1 aromatic rings. The summed E-state index contributed by atoms with van der Waals surface area (Å²) >= 11 is 11.5. The van der Waals surface area contributed by atoms with Crippen LogP contribution < -0.4 is 5.32 Å². The zero-order valence-corrected chi connectivity index (χ0v) is 8.78. The molecule has 0 unspecified atom stereocenters. The molecule has 72 valence electrons. The second-order valence-electron chi connectivity index (χ2n) is 2.75. The first-order chi connectivity index (χ1) is 6.15. The molecule has 0 aliphatic rings. The SMILES string of the molecule is CNCCc1cc(Cl)c(Cl)cc1O. The molecule has 0 spiro atoms. The summed E-state index contributed by atoms with van der Waals surface area (Å²) in [4.78, 5) is 0. The van der Waals surface area contributed by atoms with Crippen LogP contribution in [0.25, 0.3) is 0 Å². The van der Waals surface area contributed by atoms with Crippen LogP contribution in [-0.4, -0.2) is 18.7 Å². The smallest absolute Gasteiger partial charge is 0.120 e. The molecule has 13 heavy (non-hydrogen) atoms. The molecule has 0 aliphatic carbocycles. The number of hydrogen-bond acceptors (Lipinski definition) is 2. The van der Waals surface area contributed by atoms with Crippen molar-refractivity contribution in [2.45, 2.75) is 6.42 Å². The van der Waals surface area contributed by atoms with E-state index < -0.39 is 0 Å². The minimum Gasteiger partial charge on any atom is -0.508 e. The van der Waals surface area contributed by atoms with E-state index in [9.17, 15) is 5.11 Å². The molecular formula is C9H11Cl2NO. The van der Waals surface area contributed by atoms with Gasteiger partial charge in [-0.05, 0) is 31.6 Å². The van der Waals surface area contributed by atoms with Gasteiger partial charge in [0.15, 0.2) is 0 Å². The van der Waals surface area contributed by atoms with Crippen molar-refractivity contribution in [2.75, 3.05) is 13.6 Å². The lowest BCUT2D eigenvalue weighted by Gasteiger charge is -2.05. The third-order valence-corrected chi connectivity index (χ3v) is 2.49. The zero-order valence-electron chi connectivity index (χ0n) is 7.27. The van der Waals surface area contributed by atoms with Crippen LogP contribution in [0.3, 0.4) is 0 Å². The highest BCUT2D eigenvalue weighted by Crippen LogP contribution is 2.29. The van der Waals surface area contributed by atoms with E-state index in [1.165, 1.54) is 6.07 Å². The third-order valence-electron chi connectivity index (χ3n) is 1.77. The normalized spacial score (nSPS) is 10.4. The van der Waals surface area contributed by atoms with Crippen molar-refractivity contribution in [1.82, 2.24) is 5.32 Å². The monoisotopic (exact) mass is 219 g/mol. The number of aromatic hydroxyl groups is 1. The fourth-order valence-corrected chi connectivity index (χ4v) is 1.38. The first kappa shape index (κ1) is 10.6. The van der Waals surface area contributed by atoms with Gasteiger partial charge in [0.05, 0.1) is 10.0 Å². The van der Waals surface area contributed by atoms with Gasteiger partial charge in [-0.2, -0.15) is 0 Å². The van der Waals surface area contributed by atoms with Crippen LogP contribution in [0.15, 0.2) is 12.1 Å². The molecule has 0 amide bonds. The van der Waals surface area contributed by atoms with E-state index in [-0.39, 0.29) is 5.75 Å². The quantitative estimate of drug-likeness (QED) is 0.819. The molecule has 0 aliphatic heterocycles. The highest BCUT2D eigenvalue weighted by Gasteiger charge is 2.05. The molecule has 2 N–H and O–H groups in total. The highest BCUT2D eigenvalue weighted by atomic mass is 35.5. The van der Waals surface area contributed by atoms with E-state index in [2.05, 4.69) is 5.32 Å². The Hall–Kier alpha value is -0.440. The summed E-state index contributed by atoms with van der Waals surface area (Å²) in [5.74, 6) is 0.199. The number of rotatable bonds is 3. The number of phenolic OH excluding ortho intramolecular Hbond substituents is 1. The van der Waals surface area contributed by atoms with Gasteiger partial charge in [-0.3, -0.25) is 0 Å². The molecule has 0 aromatic heterocycles. The van der Waals surface area contributed by atoms with Gasteiger partial charge in [0, 0.05) is 6.07 Å². The second kappa shape index (κ2) is 4.70. The van der Waals surface area contributed by atoms with E-state index in [0.29, 0.717) is 10.0 Å². The molecule has 1 aromatic carbocycles. The molecule has 0 atom stereocenters. The number of hydrogen-bond donors (Lipinski definition) is 2. The molecule has 2 nitrogen and oxygen atoms in total. The molecule has 0 saturated carbocycles. The van der Waals surface area contributed by atoms with Crippen LogP contribution in [0.4, 0.5) is 0 Å². The van der Waals surface area contributed by atoms with Crippen molar-refractivity contribution in [1.29, 1.82) is 0 Å². The summed E-state index contributed by atoms with van der Waals surface area (Å²) in [7, 11) is 1.86. The lowest BCUT2D eigenvalue weighted by molar-refractivity contribution is 0.467. The second-order valence-corrected chi connectivity index (χ2v) is 3.56. The average Bonchev–Trinajstić information content (AvgIpc) is 2.09. The van der Waals surface area contributed by atoms with Gasteiger partial charge in [-0.15, -0.1) is 0 Å². The Balaban J connectivity index is 2.88. The Morgan fingerprint density at radius 2 is 1.92 bits per heavy atom. The Kier molecular flexibility index (Phi) is 3.85. The van der Waals surface area contributed by atoms with Crippen LogP contribution >= 0.6 is 23.2 Å². The van der Waals surface area contributed by atoms with Crippen LogP contribution in [-0.2, 0) is 6.42 Å². The average molecular weight is 220 g/mol. The van der Waals surface area contributed by atoms with Crippen molar-refractivity contribution in [3.63, 3.8) is 0 Å². The van der Waals surface area contributed by atoms with E-state index in [0.717, 1.165) is 18.5 Å². The molecule has 1 rings (SSSR count). The van der Waals surface area contributed by atoms with Crippen molar-refractivity contribution in [2.24, 2.45) is 0 Å². The lowest BCUT2D eigenvalue weighted by atomic mass is 10.1. The number of nitrogens with one attached hydrogen (secondary N) is 1. The van der Waals surface area contributed by atoms with E-state index in [1.807, 2.05) is 7.05 Å². The fourth-order valence-electron chi connectivity index (χ4n) is 1.04. The highest BCUT2D eigenvalue weighted by molar-refractivity contribution is 6.42. The summed E-state index contributed by atoms with van der Waals surface area (Å²) in [6.45, 7) is 0.797. The number of likely N-dealkylation sites (N-methyl/N-ethyl adjacent to an activating group) is 1. The first-order valence-corrected chi connectivity index (χ1v) is 4.72. The van der Waals surface area contributed by atoms with Crippen molar-refractivity contribution < 1.29 is 5.11 Å². The first-order valence-electron chi connectivity index (χ1n) is 3.96. The summed E-state index contributed by atoms with van der Waals surface area (Å²) in [5, 5.41) is 13.3. The van der Waals surface area contributed by atoms with Gasteiger partial charge < -0.3 is 10.4 Å². The number of halogens is 2. The summed E-state index contributed by atoms with van der Waals surface area (Å²) in [6, 6.07) is 3.16. The van der Waals surface area contributed by atoms with Crippen LogP contribution in [0.2, 0.25) is 10.0 Å². The van der Waals surface area contributed by atoms with E-state index >= 15 is 0 Å². The summed E-state index contributed by atoms with van der Waals surface area (Å²) in [6.07, 6.45) is 0.735. The largest absolute Gasteiger partial charge is 0.508 e. The van der Waals surface area contributed by atoms with Gasteiger partial charge in [0.25, 0.3) is 0 Å². The van der Waals surface area contributed by atoms with Gasteiger partial charge in [0.2, 0.25) is 0 Å². The minimum atomic E-state index is 0.199. The van der Waals surface area contributed by atoms with Gasteiger partial charge >= 0.3 is 0 Å². The molecule has 0 heterocycles. The van der Waals surface area contributed by atoms with Crippen molar-refractivity contribution in [3.05, 3.63) is 27.7 Å². The van der Waals surface area contributed by atoms with E-state index in [1.54, 1.807) is 6.07 Å². The fraction of sp³-hybridized carbons (Fsp3) is 0.333. The van der Waals surface area contributed by atoms with Crippen molar-refractivity contribution >= 4 is 23.2 Å². The Bertz CT molecular complexity index is 302. The van der Waals surface area contributed by atoms with Gasteiger partial charge in [-0.25, -0.2) is 0 Å². The number of benzene rings is 1. The van der Waals surface area contributed by atoms with Crippen LogP contribution in [0.5, 0.6) is 5.75 Å². The maximum atomic E-state index is 9.47. The molecule has 0 radical (unpaired) electrons. The Morgan fingerprint density at radius 3 is 2.54 bits per heavy atom. The summed E-state index contributed by atoms with van der Waals surface area (Å²) < 4.78 is 0. The zero-order chi connectivity index (χ0) is 9.84. The predicted octanol–water partition coefficient (Wildman–Crippen LogP) is 2.46. The molecule has 4 heteroatoms. The molecule has 0 bridgehead atoms. The molecule has 0 saturated heterocycles. The standard InChI is InChI=1S/C9H11Cl2NO/c1-12-3-2-6-4-7(10)8(11)5-9(6)13/h4-5,12-13H,2-3H2,1H3. The summed E-state index contributed by atoms with van der Waals surface area (Å²) in [5.41, 5.74) is 0.809. The Labute approximate surface area is 87.5 Å². The topological polar surface area (TPSA) is 32.3 Å². The van der Waals surface area contributed by atoms with Crippen LogP contribution in [0.1, 0.15) is 5.56 Å². The third kappa shape index (κ3) is 2.76. The Morgan fingerprint density at radius 1 is 1.31 bits per heavy atom. The maximum Gasteiger partial charge on any atom is 0.120 e. The lowest BCUT2D eigenvalue weighted by Crippen LogP contribution is -2.10. The van der Waals surface area contributed by atoms with Crippen LogP contribution in [0, 0.1) is 0 Å². The minimum absolute atomic E-state index is 0.199. The van der Waals surface area contributed by atoms with Gasteiger partial charge in [0.1, 0.15) is 5.75 Å². The number of phenols is 1. The maximum absolute atomic E-state index is 9.47. The van der Waals surface area contributed by atoms with Crippen molar-refractivity contribution in [3.8, 4) is 5.75 Å². The predicted molar refractivity (Wildman–Crippen MR) is 55.8 cm³/mol. The van der Waals surface area contributed by atoms with Gasteiger partial charge in [-0.1, -0.05) is 23.2 Å². The molecular weight excluding hydrogens is 209 g/mol.